The zero-order valence-electron chi connectivity index (χ0n) is 14.4. The van der Waals surface area contributed by atoms with Crippen LogP contribution in [0.1, 0.15) is 36.1 Å². The minimum Gasteiger partial charge on any atom is -0.349 e. The van der Waals surface area contributed by atoms with E-state index in [1.54, 1.807) is 0 Å². The third-order valence-electron chi connectivity index (χ3n) is 4.44. The van der Waals surface area contributed by atoms with E-state index in [1.165, 1.54) is 0 Å². The molecule has 1 aromatic carbocycles. The van der Waals surface area contributed by atoms with E-state index in [2.05, 4.69) is 38.1 Å². The van der Waals surface area contributed by atoms with Crippen molar-refractivity contribution in [3.8, 4) is 0 Å². The Morgan fingerprint density at radius 1 is 1.29 bits per heavy atom. The van der Waals surface area contributed by atoms with Crippen molar-refractivity contribution in [2.24, 2.45) is 0 Å². The molecular formula is C18H23N5O. The number of fused-ring (bicyclic) bond motifs is 1. The van der Waals surface area contributed by atoms with E-state index in [9.17, 15) is 4.79 Å². The van der Waals surface area contributed by atoms with Crippen LogP contribution in [0.25, 0.3) is 11.0 Å². The van der Waals surface area contributed by atoms with Crippen molar-refractivity contribution in [1.82, 2.24) is 25.1 Å². The lowest BCUT2D eigenvalue weighted by atomic mass is 10.1. The average molecular weight is 325 g/mol. The summed E-state index contributed by atoms with van der Waals surface area (Å²) >= 11 is 0. The molecule has 0 fully saturated rings. The second-order valence-corrected chi connectivity index (χ2v) is 5.96. The predicted octanol–water partition coefficient (Wildman–Crippen LogP) is 2.65. The van der Waals surface area contributed by atoms with Crippen LogP contribution in [0.4, 0.5) is 0 Å². The summed E-state index contributed by atoms with van der Waals surface area (Å²) in [4.78, 5) is 16.8. The normalized spacial score (nSPS) is 11.1. The number of imidazole rings is 1. The van der Waals surface area contributed by atoms with E-state index in [0.29, 0.717) is 19.4 Å². The lowest BCUT2D eigenvalue weighted by molar-refractivity contribution is -0.121. The van der Waals surface area contributed by atoms with E-state index >= 15 is 0 Å². The van der Waals surface area contributed by atoms with Gasteiger partial charge in [-0.3, -0.25) is 9.89 Å². The third kappa shape index (κ3) is 3.18. The minimum atomic E-state index is 0.0183. The Kier molecular flexibility index (Phi) is 4.64. The van der Waals surface area contributed by atoms with Crippen LogP contribution in [-0.4, -0.2) is 25.7 Å². The fourth-order valence-electron chi connectivity index (χ4n) is 2.89. The van der Waals surface area contributed by atoms with Crippen molar-refractivity contribution in [2.45, 2.75) is 46.7 Å². The lowest BCUT2D eigenvalue weighted by Crippen LogP contribution is -2.25. The molecule has 0 unspecified atom stereocenters. The van der Waals surface area contributed by atoms with Gasteiger partial charge in [-0.15, -0.1) is 0 Å². The van der Waals surface area contributed by atoms with Gasteiger partial charge in [-0.05, 0) is 38.5 Å². The molecule has 126 valence electrons. The highest BCUT2D eigenvalue weighted by molar-refractivity contribution is 5.77. The van der Waals surface area contributed by atoms with Gasteiger partial charge in [0.25, 0.3) is 0 Å². The highest BCUT2D eigenvalue weighted by atomic mass is 16.1. The number of hydrogen-bond acceptors (Lipinski definition) is 3. The SMILES string of the molecule is CCn1c(CNC(=O)CCc2n[nH]c(C)c2C)nc2ccccc21. The smallest absolute Gasteiger partial charge is 0.220 e. The molecule has 0 radical (unpaired) electrons. The first-order chi connectivity index (χ1) is 11.6. The van der Waals surface area contributed by atoms with Crippen LogP contribution in [0.2, 0.25) is 0 Å². The zero-order chi connectivity index (χ0) is 17.1. The molecule has 0 spiro atoms. The largest absolute Gasteiger partial charge is 0.349 e. The molecule has 6 heteroatoms. The summed E-state index contributed by atoms with van der Waals surface area (Å²) in [6, 6.07) is 8.04. The summed E-state index contributed by atoms with van der Waals surface area (Å²) in [5.74, 6) is 0.906. The van der Waals surface area contributed by atoms with Crippen molar-refractivity contribution in [3.05, 3.63) is 47.0 Å². The molecule has 3 aromatic rings. The Morgan fingerprint density at radius 3 is 2.79 bits per heavy atom. The van der Waals surface area contributed by atoms with Crippen molar-refractivity contribution in [2.75, 3.05) is 0 Å². The first kappa shape index (κ1) is 16.2. The van der Waals surface area contributed by atoms with E-state index in [0.717, 1.165) is 40.4 Å². The van der Waals surface area contributed by atoms with Crippen molar-refractivity contribution in [3.63, 3.8) is 0 Å². The van der Waals surface area contributed by atoms with Crippen molar-refractivity contribution >= 4 is 16.9 Å². The fourth-order valence-corrected chi connectivity index (χ4v) is 2.89. The van der Waals surface area contributed by atoms with Gasteiger partial charge < -0.3 is 9.88 Å². The number of benzene rings is 1. The van der Waals surface area contributed by atoms with Gasteiger partial charge in [-0.25, -0.2) is 4.98 Å². The summed E-state index contributed by atoms with van der Waals surface area (Å²) in [5, 5.41) is 10.2. The monoisotopic (exact) mass is 325 g/mol. The van der Waals surface area contributed by atoms with Gasteiger partial charge in [0.2, 0.25) is 5.91 Å². The Hall–Kier alpha value is -2.63. The summed E-state index contributed by atoms with van der Waals surface area (Å²) in [6.45, 7) is 7.37. The maximum absolute atomic E-state index is 12.1. The molecule has 2 aromatic heterocycles. The number of para-hydroxylation sites is 2. The second kappa shape index (κ2) is 6.86. The summed E-state index contributed by atoms with van der Waals surface area (Å²) < 4.78 is 2.14. The van der Waals surface area contributed by atoms with Gasteiger partial charge in [0.05, 0.1) is 23.3 Å². The molecule has 0 saturated heterocycles. The average Bonchev–Trinajstić information content (AvgIpc) is 3.11. The number of aromatic amines is 1. The highest BCUT2D eigenvalue weighted by Gasteiger charge is 2.12. The number of nitrogens with one attached hydrogen (secondary N) is 2. The maximum Gasteiger partial charge on any atom is 0.220 e. The van der Waals surface area contributed by atoms with Crippen LogP contribution in [0.5, 0.6) is 0 Å². The Balaban J connectivity index is 1.61. The summed E-state index contributed by atoms with van der Waals surface area (Å²) in [5.41, 5.74) is 5.22. The van der Waals surface area contributed by atoms with Crippen molar-refractivity contribution in [1.29, 1.82) is 0 Å². The standard InChI is InChI=1S/C18H23N5O/c1-4-23-16-8-6-5-7-15(16)20-17(23)11-19-18(24)10-9-14-12(2)13(3)21-22-14/h5-8H,4,9-11H2,1-3H3,(H,19,24)(H,21,22). The van der Waals surface area contributed by atoms with Crippen LogP contribution in [0.3, 0.4) is 0 Å². The minimum absolute atomic E-state index is 0.0183. The molecule has 0 aliphatic rings. The van der Waals surface area contributed by atoms with E-state index in [-0.39, 0.29) is 5.91 Å². The summed E-state index contributed by atoms with van der Waals surface area (Å²) in [7, 11) is 0. The predicted molar refractivity (Wildman–Crippen MR) is 93.6 cm³/mol. The third-order valence-corrected chi connectivity index (χ3v) is 4.44. The van der Waals surface area contributed by atoms with Crippen LogP contribution in [0, 0.1) is 13.8 Å². The molecule has 0 bridgehead atoms. The number of amides is 1. The number of hydrogen-bond donors (Lipinski definition) is 2. The Morgan fingerprint density at radius 2 is 2.08 bits per heavy atom. The molecule has 0 saturated carbocycles. The molecule has 6 nitrogen and oxygen atoms in total. The zero-order valence-corrected chi connectivity index (χ0v) is 14.4. The van der Waals surface area contributed by atoms with Gasteiger partial charge in [0.15, 0.2) is 0 Å². The number of nitrogens with zero attached hydrogens (tertiary/aromatic N) is 3. The number of rotatable bonds is 6. The fraction of sp³-hybridized carbons (Fsp3) is 0.389. The summed E-state index contributed by atoms with van der Waals surface area (Å²) in [6.07, 6.45) is 1.07. The number of aromatic nitrogens is 4. The molecule has 3 rings (SSSR count). The molecular weight excluding hydrogens is 302 g/mol. The topological polar surface area (TPSA) is 75.6 Å². The second-order valence-electron chi connectivity index (χ2n) is 5.96. The number of aryl methyl sites for hydroxylation is 3. The van der Waals surface area contributed by atoms with Gasteiger partial charge in [-0.2, -0.15) is 5.10 Å². The van der Waals surface area contributed by atoms with Crippen LogP contribution < -0.4 is 5.32 Å². The number of carbonyl (C=O) groups is 1. The van der Waals surface area contributed by atoms with E-state index in [4.69, 9.17) is 0 Å². The first-order valence-corrected chi connectivity index (χ1v) is 8.31. The maximum atomic E-state index is 12.1. The van der Waals surface area contributed by atoms with Crippen LogP contribution >= 0.6 is 0 Å². The molecule has 0 atom stereocenters. The first-order valence-electron chi connectivity index (χ1n) is 8.31. The highest BCUT2D eigenvalue weighted by Crippen LogP contribution is 2.16. The molecule has 0 aliphatic heterocycles. The van der Waals surface area contributed by atoms with Gasteiger partial charge in [-0.1, -0.05) is 12.1 Å². The van der Waals surface area contributed by atoms with Gasteiger partial charge >= 0.3 is 0 Å². The Labute approximate surface area is 141 Å². The van der Waals surface area contributed by atoms with E-state index < -0.39 is 0 Å². The number of carbonyl (C=O) groups excluding carboxylic acids is 1. The molecule has 1 amide bonds. The molecule has 0 aliphatic carbocycles. The Bertz CT molecular complexity index is 862. The van der Waals surface area contributed by atoms with Crippen LogP contribution in [-0.2, 0) is 24.3 Å². The molecule has 2 heterocycles. The molecule has 24 heavy (non-hydrogen) atoms. The number of H-pyrrole nitrogens is 1. The van der Waals surface area contributed by atoms with Gasteiger partial charge in [0.1, 0.15) is 5.82 Å². The van der Waals surface area contributed by atoms with Crippen LogP contribution in [0.15, 0.2) is 24.3 Å². The lowest BCUT2D eigenvalue weighted by Gasteiger charge is -2.07. The van der Waals surface area contributed by atoms with Crippen molar-refractivity contribution < 1.29 is 4.79 Å². The van der Waals surface area contributed by atoms with E-state index in [1.807, 2.05) is 32.0 Å². The van der Waals surface area contributed by atoms with Gasteiger partial charge in [0, 0.05) is 25.1 Å². The molecule has 2 N–H and O–H groups in total. The quantitative estimate of drug-likeness (QED) is 0.731.